The van der Waals surface area contributed by atoms with Crippen LogP contribution in [0.4, 0.5) is 0 Å². The molecule has 36 heavy (non-hydrogen) atoms. The van der Waals surface area contributed by atoms with E-state index in [1.807, 2.05) is 0 Å². The van der Waals surface area contributed by atoms with Gasteiger partial charge < -0.3 is 74.7 Å². The van der Waals surface area contributed by atoms with E-state index in [-0.39, 0.29) is 6.42 Å². The van der Waals surface area contributed by atoms with Crippen molar-refractivity contribution in [3.8, 4) is 0 Å². The Bertz CT molecular complexity index is 793. The largest absolute Gasteiger partial charge is 0.472 e. The lowest BCUT2D eigenvalue weighted by Crippen LogP contribution is -2.63. The van der Waals surface area contributed by atoms with Gasteiger partial charge in [0.1, 0.15) is 54.4 Å². The van der Waals surface area contributed by atoms with Gasteiger partial charge in [-0.2, -0.15) is 0 Å². The molecule has 1 aliphatic carbocycles. The van der Waals surface area contributed by atoms with Gasteiger partial charge in [-0.1, -0.05) is 0 Å². The van der Waals surface area contributed by atoms with E-state index < -0.39 is 104 Å². The molecule has 15 heteroatoms. The monoisotopic (exact) mass is 526 g/mol. The van der Waals surface area contributed by atoms with Gasteiger partial charge in [-0.15, -0.1) is 0 Å². The van der Waals surface area contributed by atoms with Crippen molar-refractivity contribution in [2.24, 2.45) is 5.92 Å². The Morgan fingerprint density at radius 3 is 2.03 bits per heavy atom. The Balaban J connectivity index is 1.44. The van der Waals surface area contributed by atoms with Crippen LogP contribution in [0.2, 0.25) is 0 Å². The first-order chi connectivity index (χ1) is 16.8. The van der Waals surface area contributed by atoms with Crippen LogP contribution in [0.3, 0.4) is 0 Å². The highest BCUT2D eigenvalue weighted by Gasteiger charge is 2.64. The van der Waals surface area contributed by atoms with E-state index in [0.29, 0.717) is 0 Å². The van der Waals surface area contributed by atoms with Crippen molar-refractivity contribution in [2.45, 2.75) is 98.4 Å². The van der Waals surface area contributed by atoms with E-state index in [9.17, 15) is 51.1 Å². The van der Waals surface area contributed by atoms with Crippen LogP contribution in [0.15, 0.2) is 12.3 Å². The molecule has 3 aliphatic heterocycles. The van der Waals surface area contributed by atoms with Gasteiger partial charge in [0.25, 0.3) is 0 Å². The Kier molecular flexibility index (Phi) is 7.99. The first kappa shape index (κ1) is 28.0. The van der Waals surface area contributed by atoms with Gasteiger partial charge in [-0.05, 0) is 13.0 Å². The van der Waals surface area contributed by atoms with Crippen LogP contribution in [0.5, 0.6) is 0 Å². The molecule has 208 valence electrons. The molecule has 1 saturated carbocycles. The lowest BCUT2D eigenvalue weighted by Gasteiger charge is -2.46. The summed E-state index contributed by atoms with van der Waals surface area (Å²) in [5.74, 6) is -1.21. The fourth-order valence-corrected chi connectivity index (χ4v) is 5.22. The smallest absolute Gasteiger partial charge is 0.210 e. The molecule has 0 aromatic carbocycles. The van der Waals surface area contributed by atoms with Gasteiger partial charge in [-0.3, -0.25) is 0 Å². The second kappa shape index (κ2) is 10.3. The Hall–Kier alpha value is -1.02. The van der Waals surface area contributed by atoms with Crippen molar-refractivity contribution in [1.29, 1.82) is 0 Å². The maximum atomic E-state index is 10.9. The Morgan fingerprint density at radius 2 is 1.39 bits per heavy atom. The SMILES string of the molecule is C[C@@]1(O)C[C@H](O)[C@@]2(O)C=CO[C@@H](O[C@H]3O[C@@H](CO[C@H]4O[C@@H](CO)[C@H](O)[C@H](O)[C@@H]4O)[C@H](O)[C@@H](O)[C@@H]3O)[C@@H]21. The third-order valence-electron chi connectivity index (χ3n) is 7.34. The average molecular weight is 526 g/mol. The van der Waals surface area contributed by atoms with Crippen molar-refractivity contribution in [2.75, 3.05) is 13.2 Å². The normalized spacial score (nSPS) is 55.2. The van der Waals surface area contributed by atoms with Crippen molar-refractivity contribution in [3.05, 3.63) is 12.3 Å². The highest BCUT2D eigenvalue weighted by Crippen LogP contribution is 2.49. The second-order valence-corrected chi connectivity index (χ2v) is 9.93. The van der Waals surface area contributed by atoms with Gasteiger partial charge >= 0.3 is 0 Å². The highest BCUT2D eigenvalue weighted by atomic mass is 16.8. The van der Waals surface area contributed by atoms with Crippen LogP contribution < -0.4 is 0 Å². The van der Waals surface area contributed by atoms with E-state index in [1.54, 1.807) is 0 Å². The minimum absolute atomic E-state index is 0.202. The zero-order chi connectivity index (χ0) is 26.6. The lowest BCUT2D eigenvalue weighted by molar-refractivity contribution is -0.360. The van der Waals surface area contributed by atoms with Crippen LogP contribution >= 0.6 is 0 Å². The first-order valence-electron chi connectivity index (χ1n) is 11.5. The molecule has 0 aromatic rings. The van der Waals surface area contributed by atoms with E-state index in [2.05, 4.69) is 0 Å². The van der Waals surface area contributed by atoms with Gasteiger partial charge in [0.15, 0.2) is 12.6 Å². The van der Waals surface area contributed by atoms with Crippen LogP contribution in [0, 0.1) is 5.92 Å². The van der Waals surface area contributed by atoms with Gasteiger partial charge in [-0.25, -0.2) is 0 Å². The number of ether oxygens (including phenoxy) is 5. The maximum absolute atomic E-state index is 10.9. The predicted molar refractivity (Wildman–Crippen MR) is 111 cm³/mol. The molecule has 0 radical (unpaired) electrons. The number of aliphatic hydroxyl groups is 10. The van der Waals surface area contributed by atoms with Crippen molar-refractivity contribution in [3.63, 3.8) is 0 Å². The fraction of sp³-hybridized carbons (Fsp3) is 0.905. The molecule has 3 heterocycles. The molecule has 4 rings (SSSR count). The van der Waals surface area contributed by atoms with Crippen LogP contribution in [0.25, 0.3) is 0 Å². The van der Waals surface area contributed by atoms with Gasteiger partial charge in [0, 0.05) is 6.42 Å². The summed E-state index contributed by atoms with van der Waals surface area (Å²) in [5.41, 5.74) is -3.55. The molecule has 3 fully saturated rings. The summed E-state index contributed by atoms with van der Waals surface area (Å²) in [6.07, 6.45) is -16.9. The zero-order valence-electron chi connectivity index (χ0n) is 19.3. The molecule has 15 atom stereocenters. The summed E-state index contributed by atoms with van der Waals surface area (Å²) in [5, 5.41) is 102. The third-order valence-corrected chi connectivity index (χ3v) is 7.34. The number of rotatable bonds is 6. The Labute approximate surface area is 205 Å². The summed E-state index contributed by atoms with van der Waals surface area (Å²) in [4.78, 5) is 0. The number of hydrogen-bond acceptors (Lipinski definition) is 15. The summed E-state index contributed by atoms with van der Waals surface area (Å²) >= 11 is 0. The Morgan fingerprint density at radius 1 is 0.806 bits per heavy atom. The molecule has 15 nitrogen and oxygen atoms in total. The number of fused-ring (bicyclic) bond motifs is 1. The minimum Gasteiger partial charge on any atom is -0.472 e. The summed E-state index contributed by atoms with van der Waals surface area (Å²) in [6.45, 7) is 0.115. The molecule has 0 bridgehead atoms. The summed E-state index contributed by atoms with van der Waals surface area (Å²) < 4.78 is 27.2. The van der Waals surface area contributed by atoms with Crippen molar-refractivity contribution >= 4 is 0 Å². The molecular weight excluding hydrogens is 492 g/mol. The zero-order valence-corrected chi connectivity index (χ0v) is 19.3. The first-order valence-corrected chi connectivity index (χ1v) is 11.5. The molecule has 4 aliphatic rings. The van der Waals surface area contributed by atoms with Crippen molar-refractivity contribution in [1.82, 2.24) is 0 Å². The highest BCUT2D eigenvalue weighted by molar-refractivity contribution is 5.21. The molecule has 0 aromatic heterocycles. The molecule has 2 saturated heterocycles. The minimum atomic E-state index is -1.91. The number of aliphatic hydroxyl groups excluding tert-OH is 8. The number of hydrogen-bond donors (Lipinski definition) is 10. The topological polar surface area (TPSA) is 248 Å². The van der Waals surface area contributed by atoms with Gasteiger partial charge in [0.2, 0.25) is 6.29 Å². The van der Waals surface area contributed by atoms with Crippen LogP contribution in [-0.2, 0) is 23.7 Å². The fourth-order valence-electron chi connectivity index (χ4n) is 5.22. The van der Waals surface area contributed by atoms with Gasteiger partial charge in [0.05, 0.1) is 37.1 Å². The third kappa shape index (κ3) is 4.78. The lowest BCUT2D eigenvalue weighted by atomic mass is 9.81. The quantitative estimate of drug-likeness (QED) is 0.155. The molecule has 10 N–H and O–H groups in total. The second-order valence-electron chi connectivity index (χ2n) is 9.93. The standard InChI is InChI=1S/C21H34O15/c1-20(30)4-9(23)21(31)2-3-32-19(16(20)21)36-18-15(29)13(27)11(25)8(35-18)6-33-17-14(28)12(26)10(24)7(5-22)34-17/h2-3,7-19,22-31H,4-6H2,1H3/t7-,8-,9-,10-,11-,12-,13+,14-,15-,16+,17-,18+,19-,20+,21-/m0/s1. The van der Waals surface area contributed by atoms with E-state index in [4.69, 9.17) is 23.7 Å². The summed E-state index contributed by atoms with van der Waals surface area (Å²) in [7, 11) is 0. The average Bonchev–Trinajstić information content (AvgIpc) is 3.02. The molecule has 0 spiro atoms. The molecule has 0 unspecified atom stereocenters. The molecule has 0 amide bonds. The van der Waals surface area contributed by atoms with E-state index in [1.165, 1.54) is 13.0 Å². The van der Waals surface area contributed by atoms with Crippen LogP contribution in [-0.4, -0.2) is 149 Å². The predicted octanol–water partition coefficient (Wildman–Crippen LogP) is -5.64. The molecular formula is C21H34O15. The van der Waals surface area contributed by atoms with Crippen LogP contribution in [0.1, 0.15) is 13.3 Å². The van der Waals surface area contributed by atoms with Crippen molar-refractivity contribution < 1.29 is 74.7 Å². The maximum Gasteiger partial charge on any atom is 0.210 e. The van der Waals surface area contributed by atoms with E-state index in [0.717, 1.165) is 6.26 Å². The van der Waals surface area contributed by atoms with E-state index >= 15 is 0 Å². The summed E-state index contributed by atoms with van der Waals surface area (Å²) in [6, 6.07) is 0.